The molecule has 0 fully saturated rings. The molecular weight excluding hydrogens is 831 g/mol. The van der Waals surface area contributed by atoms with Crippen LogP contribution < -0.4 is 27.0 Å². The van der Waals surface area contributed by atoms with E-state index < -0.39 is 75.1 Å². The smallest absolute Gasteiger partial charge is 0.296 e. The minimum atomic E-state index is -5.08. The topological polar surface area (TPSA) is 346 Å². The Labute approximate surface area is 313 Å². The van der Waals surface area contributed by atoms with Crippen molar-refractivity contribution in [2.45, 2.75) is 24.5 Å². The van der Waals surface area contributed by atoms with Crippen molar-refractivity contribution in [3.8, 4) is 0 Å². The van der Waals surface area contributed by atoms with Crippen molar-refractivity contribution in [2.75, 3.05) is 27.0 Å². The molecule has 0 radical (unpaired) electrons. The molecular formula is C30H27N5O15S5. The van der Waals surface area contributed by atoms with Crippen molar-refractivity contribution in [3.63, 3.8) is 0 Å². The quantitative estimate of drug-likeness (QED) is 0.0576. The van der Waals surface area contributed by atoms with Gasteiger partial charge in [-0.2, -0.15) is 42.1 Å². The van der Waals surface area contributed by atoms with Gasteiger partial charge in [0.25, 0.3) is 50.6 Å². The number of benzene rings is 5. The van der Waals surface area contributed by atoms with Crippen molar-refractivity contribution >= 4 is 102 Å². The average Bonchev–Trinajstić information content (AvgIpc) is 3.05. The zero-order valence-corrected chi connectivity index (χ0v) is 31.3. The van der Waals surface area contributed by atoms with E-state index in [9.17, 15) is 64.9 Å². The van der Waals surface area contributed by atoms with Crippen molar-refractivity contribution in [1.82, 2.24) is 0 Å². The third-order valence-corrected chi connectivity index (χ3v) is 11.9. The Morgan fingerprint density at radius 3 is 0.945 bits per heavy atom. The Kier molecular flexibility index (Phi) is 10.9. The molecule has 0 aliphatic carbocycles. The maximum absolute atomic E-state index is 12.5. The van der Waals surface area contributed by atoms with E-state index in [1.165, 1.54) is 42.5 Å². The normalized spacial score (nSPS) is 12.5. The zero-order chi connectivity index (χ0) is 40.7. The largest absolute Gasteiger partial charge is 0.398 e. The van der Waals surface area contributed by atoms with E-state index in [0.717, 1.165) is 54.6 Å². The van der Waals surface area contributed by atoms with Crippen molar-refractivity contribution in [3.05, 3.63) is 97.1 Å². The molecule has 5 rings (SSSR count). The third kappa shape index (κ3) is 9.85. The van der Waals surface area contributed by atoms with E-state index in [-0.39, 0.29) is 51.2 Å². The van der Waals surface area contributed by atoms with Crippen LogP contribution in [0.3, 0.4) is 0 Å². The number of nitrogens with one attached hydrogen (secondary N) is 4. The summed E-state index contributed by atoms with van der Waals surface area (Å²) in [4.78, 5) is -3.60. The molecule has 0 spiro atoms. The van der Waals surface area contributed by atoms with Crippen LogP contribution in [0.5, 0.6) is 0 Å². The molecule has 0 saturated heterocycles. The van der Waals surface area contributed by atoms with Crippen LogP contribution in [0.1, 0.15) is 0 Å². The van der Waals surface area contributed by atoms with Crippen LogP contribution in [0.25, 0.3) is 0 Å². The van der Waals surface area contributed by atoms with E-state index >= 15 is 0 Å². The Morgan fingerprint density at radius 2 is 0.618 bits per heavy atom. The first-order valence-electron chi connectivity index (χ1n) is 14.7. The number of nitrogens with two attached hydrogens (primary N) is 1. The van der Waals surface area contributed by atoms with Gasteiger partial charge in [-0.1, -0.05) is 12.1 Å². The third-order valence-electron chi connectivity index (χ3n) is 7.35. The van der Waals surface area contributed by atoms with Crippen LogP contribution in [-0.2, 0) is 50.6 Å². The fourth-order valence-corrected chi connectivity index (χ4v) is 8.31. The van der Waals surface area contributed by atoms with Crippen LogP contribution in [0, 0.1) is 0 Å². The fourth-order valence-electron chi connectivity index (χ4n) is 5.00. The lowest BCUT2D eigenvalue weighted by Crippen LogP contribution is -2.08. The van der Waals surface area contributed by atoms with Gasteiger partial charge in [0.15, 0.2) is 0 Å². The van der Waals surface area contributed by atoms with Crippen molar-refractivity contribution in [2.24, 2.45) is 0 Å². The van der Waals surface area contributed by atoms with Gasteiger partial charge >= 0.3 is 0 Å². The summed E-state index contributed by atoms with van der Waals surface area (Å²) in [6.45, 7) is 0. The number of rotatable bonds is 13. The molecule has 25 heteroatoms. The average molecular weight is 858 g/mol. The molecule has 0 saturated carbocycles. The van der Waals surface area contributed by atoms with Gasteiger partial charge in [-0.3, -0.25) is 22.8 Å². The minimum Gasteiger partial charge on any atom is -0.398 e. The van der Waals surface area contributed by atoms with Gasteiger partial charge in [0.1, 0.15) is 24.5 Å². The highest BCUT2D eigenvalue weighted by molar-refractivity contribution is 7.87. The molecule has 0 aromatic heterocycles. The molecule has 292 valence electrons. The number of para-hydroxylation sites is 1. The summed E-state index contributed by atoms with van der Waals surface area (Å²) in [5, 5.41) is 10.4. The van der Waals surface area contributed by atoms with Crippen molar-refractivity contribution in [1.29, 1.82) is 0 Å². The van der Waals surface area contributed by atoms with Crippen LogP contribution in [0.15, 0.2) is 122 Å². The van der Waals surface area contributed by atoms with Gasteiger partial charge < -0.3 is 27.0 Å². The number of hydrogen-bond acceptors (Lipinski definition) is 15. The highest BCUT2D eigenvalue weighted by atomic mass is 32.2. The van der Waals surface area contributed by atoms with Gasteiger partial charge in [0.05, 0.1) is 28.4 Å². The van der Waals surface area contributed by atoms with E-state index in [4.69, 9.17) is 5.73 Å². The SMILES string of the molecule is Nc1ccc(Nc2ccc(Nc3ccc(Nc4ccc(Nc5ccccc5S(=O)(=O)O)cc4S(=O)(=O)O)cc3S(=O)(=O)O)cc2S(=O)(=O)O)cc1S(=O)(=O)O. The molecule has 0 bridgehead atoms. The van der Waals surface area contributed by atoms with Crippen molar-refractivity contribution < 1.29 is 64.9 Å². The molecule has 0 aliphatic rings. The second kappa shape index (κ2) is 14.7. The summed E-state index contributed by atoms with van der Waals surface area (Å²) in [6, 6.07) is 18.0. The van der Waals surface area contributed by atoms with E-state index in [2.05, 4.69) is 21.3 Å². The first-order valence-corrected chi connectivity index (χ1v) is 21.9. The summed E-state index contributed by atoms with van der Waals surface area (Å²) >= 11 is 0. The van der Waals surface area contributed by atoms with Gasteiger partial charge in [-0.25, -0.2) is 0 Å². The zero-order valence-electron chi connectivity index (χ0n) is 27.2. The van der Waals surface area contributed by atoms with Gasteiger partial charge in [0.2, 0.25) is 0 Å². The summed E-state index contributed by atoms with van der Waals surface area (Å²) in [6.07, 6.45) is 0. The van der Waals surface area contributed by atoms with Crippen LogP contribution in [-0.4, -0.2) is 64.9 Å². The van der Waals surface area contributed by atoms with Crippen LogP contribution in [0.4, 0.5) is 51.2 Å². The second-order valence-corrected chi connectivity index (χ2v) is 18.2. The first kappa shape index (κ1) is 40.8. The molecule has 11 N–H and O–H groups in total. The lowest BCUT2D eigenvalue weighted by molar-refractivity contribution is 0.481. The second-order valence-electron chi connectivity index (χ2n) is 11.3. The Hall–Kier alpha value is -5.35. The number of nitrogen functional groups attached to an aromatic ring is 1. The first-order chi connectivity index (χ1) is 25.3. The predicted molar refractivity (Wildman–Crippen MR) is 199 cm³/mol. The maximum atomic E-state index is 12.5. The molecule has 5 aromatic carbocycles. The molecule has 0 amide bonds. The van der Waals surface area contributed by atoms with Crippen LogP contribution in [0.2, 0.25) is 0 Å². The molecule has 0 unspecified atom stereocenters. The molecule has 5 aromatic rings. The fraction of sp³-hybridized carbons (Fsp3) is 0. The monoisotopic (exact) mass is 857 g/mol. The predicted octanol–water partition coefficient (Wildman–Crippen LogP) is 4.48. The Balaban J connectivity index is 1.47. The molecule has 20 nitrogen and oxygen atoms in total. The molecule has 0 heterocycles. The lowest BCUT2D eigenvalue weighted by atomic mass is 10.2. The van der Waals surface area contributed by atoms with Gasteiger partial charge in [0, 0.05) is 22.7 Å². The van der Waals surface area contributed by atoms with Crippen LogP contribution >= 0.6 is 0 Å². The minimum absolute atomic E-state index is 0.0609. The summed E-state index contributed by atoms with van der Waals surface area (Å²) < 4.78 is 170. The molecule has 55 heavy (non-hydrogen) atoms. The van der Waals surface area contributed by atoms with E-state index in [1.54, 1.807) is 0 Å². The summed E-state index contributed by atoms with van der Waals surface area (Å²) in [5.74, 6) is 0. The number of hydrogen-bond donors (Lipinski definition) is 10. The number of anilines is 9. The van der Waals surface area contributed by atoms with E-state index in [1.807, 2.05) is 0 Å². The molecule has 0 atom stereocenters. The lowest BCUT2D eigenvalue weighted by Gasteiger charge is -2.17. The summed E-state index contributed by atoms with van der Waals surface area (Å²) in [5.41, 5.74) is 3.71. The summed E-state index contributed by atoms with van der Waals surface area (Å²) in [7, 11) is -24.6. The highest BCUT2D eigenvalue weighted by Gasteiger charge is 2.23. The van der Waals surface area contributed by atoms with Gasteiger partial charge in [-0.05, 0) is 84.9 Å². The van der Waals surface area contributed by atoms with E-state index in [0.29, 0.717) is 0 Å². The Morgan fingerprint density at radius 1 is 0.345 bits per heavy atom. The highest BCUT2D eigenvalue weighted by Crippen LogP contribution is 2.36. The maximum Gasteiger partial charge on any atom is 0.296 e. The van der Waals surface area contributed by atoms with Gasteiger partial charge in [-0.15, -0.1) is 0 Å². The molecule has 0 aliphatic heterocycles. The standard InChI is InChI=1S/C30H27N5O15S5/c31-21-9-5-17(13-27(21)52(39,40)41)33-23-11-7-19(15-29(23)54(45,46)47)35-25-12-8-20(16-30(25)55(48,49)50)34-24-10-6-18(14-28(24)53(42,43)44)32-22-3-1-2-4-26(22)51(36,37)38/h1-16,32-35H,31H2,(H,36,37,38)(H,39,40,41)(H,42,43,44)(H,45,46,47)(H,48,49,50). The Bertz CT molecular complexity index is 2920.